The summed E-state index contributed by atoms with van der Waals surface area (Å²) < 4.78 is 30.6. The average Bonchev–Trinajstić information content (AvgIpc) is 1.26. The third-order valence-electron chi connectivity index (χ3n) is 24.3. The minimum absolute atomic E-state index is 0. The van der Waals surface area contributed by atoms with Gasteiger partial charge in [-0.3, -0.25) is 38.0 Å². The Labute approximate surface area is 702 Å². The van der Waals surface area contributed by atoms with Gasteiger partial charge in [0.1, 0.15) is 0 Å². The number of halogens is 4. The van der Waals surface area contributed by atoms with Gasteiger partial charge in [0.05, 0.1) is 114 Å². The summed E-state index contributed by atoms with van der Waals surface area (Å²) in [5.74, 6) is 0.590. The van der Waals surface area contributed by atoms with E-state index in [1.807, 2.05) is 82.2 Å². The highest BCUT2D eigenvalue weighted by molar-refractivity contribution is 6.33. The number of hydrogen-bond acceptors (Lipinski definition) is 18. The summed E-state index contributed by atoms with van der Waals surface area (Å²) in [6, 6.07) is 46.8. The van der Waals surface area contributed by atoms with Crippen LogP contribution in [0.1, 0.15) is 138 Å². The van der Waals surface area contributed by atoms with E-state index in [1.54, 1.807) is 81.4 Å². The number of ketones is 2. The molecule has 6 aliphatic rings. The van der Waals surface area contributed by atoms with Crippen LogP contribution in [0, 0.1) is 45.8 Å². The Morgan fingerprint density at radius 1 is 0.407 bits per heavy atom. The quantitative estimate of drug-likeness (QED) is 0.0419. The predicted octanol–water partition coefficient (Wildman–Crippen LogP) is 18.2. The number of hydrogen-bond donors (Lipinski definition) is 3. The van der Waals surface area contributed by atoms with Crippen LogP contribution in [0.25, 0.3) is 66.1 Å². The van der Waals surface area contributed by atoms with Gasteiger partial charge in [-0.15, -0.1) is 12.4 Å². The summed E-state index contributed by atoms with van der Waals surface area (Å²) in [6.07, 6.45) is 22.6. The molecule has 6 aromatic carbocycles. The fraction of sp³-hybridized carbons (Fsp3) is 0.341. The molecule has 12 aromatic rings. The van der Waals surface area contributed by atoms with Crippen molar-refractivity contribution >= 4 is 115 Å². The predicted molar refractivity (Wildman–Crippen MR) is 452 cm³/mol. The van der Waals surface area contributed by atoms with E-state index in [1.165, 1.54) is 20.3 Å². The van der Waals surface area contributed by atoms with Gasteiger partial charge in [0.2, 0.25) is 17.6 Å². The van der Waals surface area contributed by atoms with Crippen molar-refractivity contribution < 1.29 is 62.7 Å². The number of carboxylic acid groups (broad SMARTS) is 2. The molecule has 0 saturated heterocycles. The second-order valence-electron chi connectivity index (χ2n) is 32.4. The molecule has 6 saturated carbocycles. The van der Waals surface area contributed by atoms with Crippen LogP contribution in [0.15, 0.2) is 183 Å². The number of benzene rings is 6. The van der Waals surface area contributed by atoms with Crippen LogP contribution >= 0.6 is 47.2 Å². The first-order chi connectivity index (χ1) is 56.4. The molecule has 118 heavy (non-hydrogen) atoms. The Kier molecular flexibility index (Phi) is 24.9. The van der Waals surface area contributed by atoms with Crippen LogP contribution in [0.4, 0.5) is 0 Å². The third-order valence-corrected chi connectivity index (χ3v) is 25.0. The van der Waals surface area contributed by atoms with Crippen molar-refractivity contribution in [2.45, 2.75) is 116 Å². The molecule has 610 valence electrons. The molecule has 18 rings (SSSR count). The second kappa shape index (κ2) is 35.2. The summed E-state index contributed by atoms with van der Waals surface area (Å²) in [7, 11) is 7.70. The number of pyridine rings is 3. The molecule has 0 aliphatic heterocycles. The number of aromatic nitrogens is 9. The Balaban J connectivity index is 0.000000136. The maximum Gasteiger partial charge on any atom is 0.337 e. The maximum atomic E-state index is 13.5. The molecule has 0 atom stereocenters. The lowest BCUT2D eigenvalue weighted by Gasteiger charge is -2.57. The van der Waals surface area contributed by atoms with Crippen molar-refractivity contribution in [1.29, 1.82) is 0 Å². The van der Waals surface area contributed by atoms with Crippen LogP contribution in [-0.2, 0) is 43.5 Å². The molecule has 0 radical (unpaired) electrons. The van der Waals surface area contributed by atoms with E-state index in [4.69, 9.17) is 59.5 Å². The fourth-order valence-corrected chi connectivity index (χ4v) is 19.5. The second-order valence-corrected chi connectivity index (χ2v) is 33.7. The first-order valence-electron chi connectivity index (χ1n) is 39.1. The molecule has 0 unspecified atom stereocenters. The zero-order chi connectivity index (χ0) is 82.0. The number of nitrogens with two attached hydrogens (primary N) is 1. The summed E-state index contributed by atoms with van der Waals surface area (Å²) in [4.78, 5) is 85.0. The van der Waals surface area contributed by atoms with E-state index >= 15 is 0 Å². The van der Waals surface area contributed by atoms with Crippen molar-refractivity contribution in [3.8, 4) is 51.0 Å². The van der Waals surface area contributed by atoms with Gasteiger partial charge in [-0.05, 0) is 210 Å². The molecule has 23 nitrogen and oxygen atoms in total. The number of aromatic carboxylic acids is 1. The lowest BCUT2D eigenvalue weighted by Crippen LogP contribution is -2.54. The number of methoxy groups -OCH3 is 5. The number of esters is 2. The normalized spacial score (nSPS) is 21.5. The lowest BCUT2D eigenvalue weighted by atomic mass is 9.47. The summed E-state index contributed by atoms with van der Waals surface area (Å²) >= 11 is 18.8. The number of fused-ring (bicyclic) bond motifs is 3. The molecule has 6 aromatic heterocycles. The van der Waals surface area contributed by atoms with Gasteiger partial charge in [0.25, 0.3) is 0 Å². The van der Waals surface area contributed by atoms with Crippen molar-refractivity contribution in [2.24, 2.45) is 51.6 Å². The Bertz CT molecular complexity index is 5730. The number of carbonyl (C=O) groups is 6. The number of ether oxygens (including phenoxy) is 5. The maximum absolute atomic E-state index is 13.5. The third kappa shape index (κ3) is 18.1. The molecule has 6 aliphatic carbocycles. The number of carboxylic acids is 2. The highest BCUT2D eigenvalue weighted by Crippen LogP contribution is 2.64. The van der Waals surface area contributed by atoms with Gasteiger partial charge >= 0.3 is 23.9 Å². The van der Waals surface area contributed by atoms with Gasteiger partial charge in [-0.25, -0.2) is 19.7 Å². The lowest BCUT2D eigenvalue weighted by molar-refractivity contribution is -0.161. The van der Waals surface area contributed by atoms with Crippen LogP contribution in [0.3, 0.4) is 0 Å². The van der Waals surface area contributed by atoms with Gasteiger partial charge in [0.15, 0.2) is 11.6 Å². The van der Waals surface area contributed by atoms with E-state index < -0.39 is 11.9 Å². The average molecular weight is 1670 g/mol. The van der Waals surface area contributed by atoms with Crippen molar-refractivity contribution in [3.63, 3.8) is 0 Å². The van der Waals surface area contributed by atoms with E-state index in [2.05, 4.69) is 83.5 Å². The highest BCUT2D eigenvalue weighted by Gasteiger charge is 2.57. The SMILES string of the molecule is COC(=O)C1CC2(CC(CC(=O)c3cc(Cl)cc4cnn(Cc5ccc(-c6ccnc(OC)c6)cc5)c34)C2)C1.COC(=O)C1CC2(CC(N)C2)C1.COc1cc(-c2ccc(Cn3ncc4cc(Cl)cc(C(=O)CC5CC6(C5)CC(C(=O)O)C6)c43)cc2)ccn1.COc1cc(-c2ccc(Cn3ncc4cc(Cl)cc(C(=O)O)c43)cc2)ccn1.Cl. The van der Waals surface area contributed by atoms with E-state index in [9.17, 15) is 39.0 Å². The minimum atomic E-state index is -1.03. The summed E-state index contributed by atoms with van der Waals surface area (Å²) in [5, 5.41) is 36.1. The number of nitrogens with zero attached hydrogens (tertiary/aromatic N) is 9. The van der Waals surface area contributed by atoms with Gasteiger partial charge in [-0.2, -0.15) is 15.3 Å². The minimum Gasteiger partial charge on any atom is -0.481 e. The molecule has 6 fully saturated rings. The Morgan fingerprint density at radius 3 is 1.01 bits per heavy atom. The van der Waals surface area contributed by atoms with Crippen LogP contribution in [-0.4, -0.2) is 132 Å². The number of carbonyl (C=O) groups excluding carboxylic acids is 4. The highest BCUT2D eigenvalue weighted by atomic mass is 35.5. The molecule has 27 heteroatoms. The molecule has 4 N–H and O–H groups in total. The Hall–Kier alpha value is -11.1. The van der Waals surface area contributed by atoms with E-state index in [0.717, 1.165) is 149 Å². The standard InChI is InChI=1S/C31H30ClN3O4.C30H28ClN3O4.C21H16ClN3O3.C9H15NO2.ClH/c1-38-28-11-22(7-8-33-28)21-5-3-19(4-6-21)18-35-29-23(17-34-35)10-25(32)12-26(29)27(36)9-20-13-31(14-20)15-24(16-31)30(37)39-2;1-38-27-10-21(6-7-32-27)20-4-2-18(3-5-20)17-34-28-22(16-33-34)9-24(31)11-25(28)26(35)8-19-12-30(13-19)14-23(15-30)29(36)37;1-28-19-9-15(6-7-23-19)14-4-2-13(3-5-14)12-25-20-16(11-24-25)8-17(22)10-18(20)21(26)27;1-12-8(11)6-2-9(3-6)4-7(10)5-9;/h3-8,10-12,17,20,24H,9,13-16,18H2,1-2H3;2-7,9-11,16,19,23H,8,12-15,17H2,1H3,(H,36,37);2-11H,12H2,1H3,(H,26,27);6-7H,2-5,10H2,1H3;1H. The topological polar surface area (TPSA) is 307 Å². The van der Waals surface area contributed by atoms with Crippen LogP contribution in [0.2, 0.25) is 15.1 Å². The molecule has 6 heterocycles. The molecular formula is C91H90Cl4N10O13. The van der Waals surface area contributed by atoms with Gasteiger partial charge in [-0.1, -0.05) is 108 Å². The van der Waals surface area contributed by atoms with Crippen molar-refractivity contribution in [3.05, 3.63) is 231 Å². The first-order valence-corrected chi connectivity index (χ1v) is 40.2. The summed E-state index contributed by atoms with van der Waals surface area (Å²) in [5.41, 5.74) is 19.4. The zero-order valence-electron chi connectivity index (χ0n) is 65.8. The molecule has 0 bridgehead atoms. The number of Topliss-reactive ketones (excluding diaryl/α,β-unsaturated/α-hetero) is 2. The molecule has 0 amide bonds. The molecular weight excluding hydrogens is 1580 g/mol. The van der Waals surface area contributed by atoms with Crippen LogP contribution < -0.4 is 19.9 Å². The largest absolute Gasteiger partial charge is 0.481 e. The number of rotatable bonds is 22. The Morgan fingerprint density at radius 2 is 0.712 bits per heavy atom. The van der Waals surface area contributed by atoms with Crippen molar-refractivity contribution in [2.75, 3.05) is 35.5 Å². The first kappa shape index (κ1) is 83.4. The van der Waals surface area contributed by atoms with Crippen molar-refractivity contribution in [1.82, 2.24) is 44.3 Å². The summed E-state index contributed by atoms with van der Waals surface area (Å²) in [6.45, 7) is 1.51. The molecule has 3 spiro atoms. The smallest absolute Gasteiger partial charge is 0.337 e. The number of aliphatic carboxylic acids is 1. The monoisotopic (exact) mass is 1670 g/mol. The van der Waals surface area contributed by atoms with E-state index in [-0.39, 0.29) is 70.1 Å². The van der Waals surface area contributed by atoms with E-state index in [0.29, 0.717) is 111 Å². The van der Waals surface area contributed by atoms with Gasteiger partial charge in [0, 0.05) is 98.0 Å². The fourth-order valence-electron chi connectivity index (χ4n) is 18.8. The zero-order valence-corrected chi connectivity index (χ0v) is 68.9. The van der Waals surface area contributed by atoms with Gasteiger partial charge < -0.3 is 39.6 Å². The van der Waals surface area contributed by atoms with Crippen LogP contribution in [0.5, 0.6) is 17.6 Å².